The summed E-state index contributed by atoms with van der Waals surface area (Å²) in [5, 5.41) is 11.2. The predicted molar refractivity (Wildman–Crippen MR) is 130 cm³/mol. The zero-order chi connectivity index (χ0) is 23.1. The summed E-state index contributed by atoms with van der Waals surface area (Å²) in [7, 11) is -3.52. The summed E-state index contributed by atoms with van der Waals surface area (Å²) in [6.45, 7) is 1.61. The zero-order valence-electron chi connectivity index (χ0n) is 17.8. The van der Waals surface area contributed by atoms with Gasteiger partial charge in [0.05, 0.1) is 11.5 Å². The molecule has 1 aliphatic rings. The number of amides is 1. The lowest BCUT2D eigenvalue weighted by Crippen LogP contribution is -2.35. The largest absolute Gasteiger partial charge is 0.493 e. The Balaban J connectivity index is 1.28. The molecule has 2 heterocycles. The van der Waals surface area contributed by atoms with Crippen molar-refractivity contribution in [3.63, 3.8) is 0 Å². The van der Waals surface area contributed by atoms with Crippen LogP contribution in [0.25, 0.3) is 0 Å². The molecular formula is C22H24N4O4S3. The lowest BCUT2D eigenvalue weighted by molar-refractivity contribution is 0.102. The minimum absolute atomic E-state index is 0.202. The van der Waals surface area contributed by atoms with Crippen molar-refractivity contribution in [2.75, 3.05) is 30.8 Å². The highest BCUT2D eigenvalue weighted by Gasteiger charge is 2.26. The molecule has 1 aliphatic heterocycles. The van der Waals surface area contributed by atoms with Gasteiger partial charge in [0.2, 0.25) is 15.2 Å². The number of carbonyl (C=O) groups is 1. The Morgan fingerprint density at radius 2 is 1.76 bits per heavy atom. The summed E-state index contributed by atoms with van der Waals surface area (Å²) >= 11 is 2.78. The number of ether oxygens (including phenoxy) is 1. The Morgan fingerprint density at radius 3 is 2.48 bits per heavy atom. The first-order valence-electron chi connectivity index (χ1n) is 10.6. The van der Waals surface area contributed by atoms with Gasteiger partial charge in [0, 0.05) is 24.4 Å². The van der Waals surface area contributed by atoms with Crippen molar-refractivity contribution in [1.82, 2.24) is 14.5 Å². The van der Waals surface area contributed by atoms with Crippen molar-refractivity contribution in [1.29, 1.82) is 0 Å². The van der Waals surface area contributed by atoms with Gasteiger partial charge in [-0.3, -0.25) is 10.1 Å². The number of benzene rings is 2. The first kappa shape index (κ1) is 23.7. The van der Waals surface area contributed by atoms with Gasteiger partial charge in [-0.1, -0.05) is 47.7 Å². The van der Waals surface area contributed by atoms with Gasteiger partial charge in [0.25, 0.3) is 5.91 Å². The second-order valence-electron chi connectivity index (χ2n) is 7.33. The normalized spacial score (nSPS) is 14.7. The van der Waals surface area contributed by atoms with Gasteiger partial charge < -0.3 is 4.74 Å². The molecule has 0 bridgehead atoms. The summed E-state index contributed by atoms with van der Waals surface area (Å²) in [4.78, 5) is 12.7. The minimum atomic E-state index is -3.52. The molecule has 1 fully saturated rings. The Hall–Kier alpha value is -2.47. The van der Waals surface area contributed by atoms with Crippen LogP contribution >= 0.6 is 23.1 Å². The fraction of sp³-hybridized carbons (Fsp3) is 0.318. The van der Waals surface area contributed by atoms with E-state index >= 15 is 0 Å². The molecule has 3 aromatic rings. The van der Waals surface area contributed by atoms with Gasteiger partial charge in [0.1, 0.15) is 5.75 Å². The van der Waals surface area contributed by atoms with Crippen LogP contribution in [0.1, 0.15) is 29.6 Å². The molecule has 1 amide bonds. The Labute approximate surface area is 201 Å². The van der Waals surface area contributed by atoms with Crippen LogP contribution in [0.2, 0.25) is 0 Å². The van der Waals surface area contributed by atoms with E-state index in [-0.39, 0.29) is 10.8 Å². The highest BCUT2D eigenvalue weighted by molar-refractivity contribution is 8.01. The van der Waals surface area contributed by atoms with Crippen LogP contribution in [0, 0.1) is 0 Å². The van der Waals surface area contributed by atoms with Gasteiger partial charge in [-0.2, -0.15) is 4.31 Å². The average molecular weight is 505 g/mol. The molecule has 0 spiro atoms. The molecule has 4 rings (SSSR count). The molecule has 0 saturated carbocycles. The molecule has 11 heteroatoms. The number of para-hydroxylation sites is 1. The fourth-order valence-corrected chi connectivity index (χ4v) is 6.48. The molecule has 33 heavy (non-hydrogen) atoms. The van der Waals surface area contributed by atoms with Gasteiger partial charge in [-0.05, 0) is 49.2 Å². The number of nitrogens with zero attached hydrogens (tertiary/aromatic N) is 3. The highest BCUT2D eigenvalue weighted by Crippen LogP contribution is 2.26. The quantitative estimate of drug-likeness (QED) is 0.265. The maximum atomic E-state index is 12.7. The van der Waals surface area contributed by atoms with Gasteiger partial charge in [0.15, 0.2) is 4.34 Å². The number of rotatable bonds is 9. The van der Waals surface area contributed by atoms with Gasteiger partial charge >= 0.3 is 0 Å². The number of thioether (sulfide) groups is 1. The summed E-state index contributed by atoms with van der Waals surface area (Å²) in [5.41, 5.74) is 0.355. The molecular weight excluding hydrogens is 480 g/mol. The zero-order valence-corrected chi connectivity index (χ0v) is 20.3. The van der Waals surface area contributed by atoms with Crippen molar-refractivity contribution < 1.29 is 17.9 Å². The number of hydrogen-bond donors (Lipinski definition) is 1. The third-order valence-electron chi connectivity index (χ3n) is 5.02. The Morgan fingerprint density at radius 1 is 1.03 bits per heavy atom. The Bertz CT molecular complexity index is 1160. The van der Waals surface area contributed by atoms with Crippen molar-refractivity contribution in [2.24, 2.45) is 0 Å². The minimum Gasteiger partial charge on any atom is -0.493 e. The molecule has 0 radical (unpaired) electrons. The number of sulfonamides is 1. The van der Waals surface area contributed by atoms with E-state index in [1.165, 1.54) is 51.7 Å². The molecule has 8 nitrogen and oxygen atoms in total. The van der Waals surface area contributed by atoms with Crippen LogP contribution in [-0.2, 0) is 10.0 Å². The van der Waals surface area contributed by atoms with E-state index in [1.807, 2.05) is 30.3 Å². The van der Waals surface area contributed by atoms with Crippen molar-refractivity contribution in [2.45, 2.75) is 28.5 Å². The van der Waals surface area contributed by atoms with Crippen LogP contribution in [-0.4, -0.2) is 54.3 Å². The first-order chi connectivity index (χ1) is 16.0. The fourth-order valence-electron chi connectivity index (χ4n) is 3.33. The lowest BCUT2D eigenvalue weighted by Gasteiger charge is -2.25. The molecule has 0 aliphatic carbocycles. The van der Waals surface area contributed by atoms with E-state index in [1.54, 1.807) is 0 Å². The summed E-state index contributed by atoms with van der Waals surface area (Å²) in [6.07, 6.45) is 2.81. The third-order valence-corrected chi connectivity index (χ3v) is 8.87. The summed E-state index contributed by atoms with van der Waals surface area (Å²) in [5.74, 6) is 1.15. The molecule has 2 aromatic carbocycles. The summed E-state index contributed by atoms with van der Waals surface area (Å²) < 4.78 is 33.4. The van der Waals surface area contributed by atoms with E-state index in [2.05, 4.69) is 15.5 Å². The average Bonchev–Trinajstić information content (AvgIpc) is 3.30. The van der Waals surface area contributed by atoms with Crippen molar-refractivity contribution in [3.05, 3.63) is 60.2 Å². The molecule has 174 valence electrons. The predicted octanol–water partition coefficient (Wildman–Crippen LogP) is 4.14. The van der Waals surface area contributed by atoms with E-state index in [9.17, 15) is 13.2 Å². The van der Waals surface area contributed by atoms with E-state index in [0.717, 1.165) is 29.4 Å². The van der Waals surface area contributed by atoms with Crippen LogP contribution in [0.5, 0.6) is 5.75 Å². The van der Waals surface area contributed by atoms with Crippen LogP contribution < -0.4 is 10.1 Å². The van der Waals surface area contributed by atoms with E-state index in [0.29, 0.717) is 36.1 Å². The number of carbonyl (C=O) groups excluding carboxylic acids is 1. The highest BCUT2D eigenvalue weighted by atomic mass is 32.2. The number of aromatic nitrogens is 2. The Kier molecular flexibility index (Phi) is 7.97. The molecule has 1 N–H and O–H groups in total. The molecule has 1 saturated heterocycles. The lowest BCUT2D eigenvalue weighted by atomic mass is 10.2. The molecule has 0 atom stereocenters. The van der Waals surface area contributed by atoms with E-state index in [4.69, 9.17) is 4.74 Å². The number of piperidine rings is 1. The maximum absolute atomic E-state index is 12.7. The van der Waals surface area contributed by atoms with Crippen LogP contribution in [0.4, 0.5) is 5.13 Å². The molecule has 0 unspecified atom stereocenters. The second-order valence-corrected chi connectivity index (χ2v) is 11.6. The topological polar surface area (TPSA) is 101 Å². The number of hydrogen-bond acceptors (Lipinski definition) is 8. The van der Waals surface area contributed by atoms with E-state index < -0.39 is 10.0 Å². The van der Waals surface area contributed by atoms with Crippen LogP contribution in [0.15, 0.2) is 63.8 Å². The SMILES string of the molecule is O=C(Nc1nnc(SCCOc2ccccc2)s1)c1ccc(S(=O)(=O)N2CCCCC2)cc1. The summed E-state index contributed by atoms with van der Waals surface area (Å²) in [6, 6.07) is 15.6. The van der Waals surface area contributed by atoms with Crippen molar-refractivity contribution in [3.8, 4) is 5.75 Å². The number of anilines is 1. The first-order valence-corrected chi connectivity index (χ1v) is 13.8. The molecule has 1 aromatic heterocycles. The van der Waals surface area contributed by atoms with Gasteiger partial charge in [-0.15, -0.1) is 10.2 Å². The number of nitrogens with one attached hydrogen (secondary N) is 1. The third kappa shape index (κ3) is 6.32. The van der Waals surface area contributed by atoms with Crippen LogP contribution in [0.3, 0.4) is 0 Å². The maximum Gasteiger partial charge on any atom is 0.257 e. The second kappa shape index (κ2) is 11.1. The monoisotopic (exact) mass is 504 g/mol. The van der Waals surface area contributed by atoms with Gasteiger partial charge in [-0.25, -0.2) is 8.42 Å². The standard InChI is InChI=1S/C22H24N4O4S3/c27-20(17-9-11-19(12-10-17)33(28,29)26-13-5-2-6-14-26)23-21-24-25-22(32-21)31-16-15-30-18-7-3-1-4-8-18/h1,3-4,7-12H,2,5-6,13-16H2,(H,23,24,27). The smallest absolute Gasteiger partial charge is 0.257 e. The van der Waals surface area contributed by atoms with Crippen molar-refractivity contribution >= 4 is 44.2 Å².